The van der Waals surface area contributed by atoms with E-state index in [1.807, 2.05) is 51.8 Å². The van der Waals surface area contributed by atoms with Crippen LogP contribution in [0.3, 0.4) is 0 Å². The standard InChI is InChI=1S/C11H26N2O3/c1-9(12(3)4)15-7-11(14)8-16-10(2)13(5)6/h9-11,14H,7-8H2,1-6H3. The first-order valence-corrected chi connectivity index (χ1v) is 5.58. The molecule has 0 fully saturated rings. The maximum absolute atomic E-state index is 9.62. The normalized spacial score (nSPS) is 17.8. The van der Waals surface area contributed by atoms with E-state index in [1.165, 1.54) is 0 Å². The van der Waals surface area contributed by atoms with Crippen molar-refractivity contribution in [3.05, 3.63) is 0 Å². The first-order valence-electron chi connectivity index (χ1n) is 5.58. The largest absolute Gasteiger partial charge is 0.388 e. The van der Waals surface area contributed by atoms with Crippen LogP contribution in [-0.2, 0) is 9.47 Å². The Morgan fingerprint density at radius 2 is 1.19 bits per heavy atom. The molecule has 0 saturated carbocycles. The summed E-state index contributed by atoms with van der Waals surface area (Å²) in [6, 6.07) is 0. The van der Waals surface area contributed by atoms with E-state index in [0.29, 0.717) is 13.2 Å². The van der Waals surface area contributed by atoms with Gasteiger partial charge in [-0.1, -0.05) is 0 Å². The molecule has 16 heavy (non-hydrogen) atoms. The number of rotatable bonds is 8. The van der Waals surface area contributed by atoms with Gasteiger partial charge in [0.05, 0.1) is 13.2 Å². The van der Waals surface area contributed by atoms with Gasteiger partial charge in [0.2, 0.25) is 0 Å². The molecule has 98 valence electrons. The Labute approximate surface area is 98.9 Å². The van der Waals surface area contributed by atoms with Crippen LogP contribution in [-0.4, -0.2) is 74.9 Å². The fourth-order valence-corrected chi connectivity index (χ4v) is 0.847. The minimum absolute atomic E-state index is 0.000854. The lowest BCUT2D eigenvalue weighted by atomic mass is 10.4. The third-order valence-corrected chi connectivity index (χ3v) is 2.51. The van der Waals surface area contributed by atoms with Crippen molar-refractivity contribution < 1.29 is 14.6 Å². The van der Waals surface area contributed by atoms with E-state index in [1.54, 1.807) is 0 Å². The van der Waals surface area contributed by atoms with Crippen LogP contribution in [0.15, 0.2) is 0 Å². The van der Waals surface area contributed by atoms with Crippen molar-refractivity contribution in [1.82, 2.24) is 9.80 Å². The molecular weight excluding hydrogens is 208 g/mol. The highest BCUT2D eigenvalue weighted by Crippen LogP contribution is 1.99. The van der Waals surface area contributed by atoms with Crippen molar-refractivity contribution in [2.24, 2.45) is 0 Å². The zero-order valence-corrected chi connectivity index (χ0v) is 11.3. The predicted octanol–water partition coefficient (Wildman–Crippen LogP) is 0.196. The van der Waals surface area contributed by atoms with Gasteiger partial charge in [-0.2, -0.15) is 0 Å². The molecule has 0 aromatic heterocycles. The molecule has 0 spiro atoms. The second kappa shape index (κ2) is 7.97. The first-order chi connectivity index (χ1) is 7.34. The Kier molecular flexibility index (Phi) is 7.87. The van der Waals surface area contributed by atoms with E-state index in [0.717, 1.165) is 0 Å². The average molecular weight is 234 g/mol. The van der Waals surface area contributed by atoms with Crippen LogP contribution in [0.4, 0.5) is 0 Å². The number of nitrogens with zero attached hydrogens (tertiary/aromatic N) is 2. The fraction of sp³-hybridized carbons (Fsp3) is 1.00. The van der Waals surface area contributed by atoms with E-state index in [-0.39, 0.29) is 12.5 Å². The van der Waals surface area contributed by atoms with Crippen LogP contribution in [0.5, 0.6) is 0 Å². The van der Waals surface area contributed by atoms with Gasteiger partial charge >= 0.3 is 0 Å². The van der Waals surface area contributed by atoms with E-state index in [9.17, 15) is 5.11 Å². The molecule has 0 heterocycles. The number of aliphatic hydroxyl groups is 1. The summed E-state index contributed by atoms with van der Waals surface area (Å²) in [5, 5.41) is 9.62. The van der Waals surface area contributed by atoms with E-state index >= 15 is 0 Å². The molecular formula is C11H26N2O3. The van der Waals surface area contributed by atoms with Crippen LogP contribution >= 0.6 is 0 Å². The second-order valence-electron chi connectivity index (χ2n) is 4.45. The average Bonchev–Trinajstić information content (AvgIpc) is 2.21. The molecule has 0 bridgehead atoms. The summed E-state index contributed by atoms with van der Waals surface area (Å²) >= 11 is 0. The molecule has 5 nitrogen and oxygen atoms in total. The Bertz CT molecular complexity index is 159. The minimum Gasteiger partial charge on any atom is -0.388 e. The van der Waals surface area contributed by atoms with Crippen LogP contribution < -0.4 is 0 Å². The maximum atomic E-state index is 9.62. The first kappa shape index (κ1) is 15.8. The molecule has 2 unspecified atom stereocenters. The van der Waals surface area contributed by atoms with Gasteiger partial charge in [-0.15, -0.1) is 0 Å². The third kappa shape index (κ3) is 7.14. The smallest absolute Gasteiger partial charge is 0.107 e. The summed E-state index contributed by atoms with van der Waals surface area (Å²) in [4.78, 5) is 3.88. The number of hydrogen-bond acceptors (Lipinski definition) is 5. The molecule has 0 saturated heterocycles. The van der Waals surface area contributed by atoms with Crippen LogP contribution in [0.25, 0.3) is 0 Å². The number of ether oxygens (including phenoxy) is 2. The Morgan fingerprint density at radius 1 is 0.875 bits per heavy atom. The van der Waals surface area contributed by atoms with Crippen molar-refractivity contribution in [2.45, 2.75) is 32.4 Å². The van der Waals surface area contributed by atoms with E-state index in [2.05, 4.69) is 0 Å². The van der Waals surface area contributed by atoms with Crippen molar-refractivity contribution >= 4 is 0 Å². The Morgan fingerprint density at radius 3 is 1.44 bits per heavy atom. The zero-order valence-electron chi connectivity index (χ0n) is 11.3. The quantitative estimate of drug-likeness (QED) is 0.608. The lowest BCUT2D eigenvalue weighted by Crippen LogP contribution is -2.35. The summed E-state index contributed by atoms with van der Waals surface area (Å²) in [7, 11) is 7.73. The van der Waals surface area contributed by atoms with E-state index < -0.39 is 6.10 Å². The molecule has 0 rings (SSSR count). The van der Waals surface area contributed by atoms with Crippen molar-refractivity contribution in [3.8, 4) is 0 Å². The molecule has 0 aliphatic rings. The van der Waals surface area contributed by atoms with Gasteiger partial charge in [0, 0.05) is 0 Å². The maximum Gasteiger partial charge on any atom is 0.107 e. The monoisotopic (exact) mass is 234 g/mol. The van der Waals surface area contributed by atoms with Crippen molar-refractivity contribution in [3.63, 3.8) is 0 Å². The van der Waals surface area contributed by atoms with Gasteiger partial charge in [-0.3, -0.25) is 9.80 Å². The molecule has 0 amide bonds. The van der Waals surface area contributed by atoms with Crippen molar-refractivity contribution in [1.29, 1.82) is 0 Å². The summed E-state index contributed by atoms with van der Waals surface area (Å²) in [6.45, 7) is 4.46. The fourth-order valence-electron chi connectivity index (χ4n) is 0.847. The third-order valence-electron chi connectivity index (χ3n) is 2.51. The highest BCUT2D eigenvalue weighted by Gasteiger charge is 2.12. The molecule has 0 aliphatic heterocycles. The SMILES string of the molecule is CC(OCC(O)COC(C)N(C)C)N(C)C. The van der Waals surface area contributed by atoms with Gasteiger partial charge in [-0.05, 0) is 42.0 Å². The summed E-state index contributed by atoms with van der Waals surface area (Å²) < 4.78 is 10.9. The summed E-state index contributed by atoms with van der Waals surface area (Å²) in [5.74, 6) is 0. The van der Waals surface area contributed by atoms with Gasteiger partial charge in [0.15, 0.2) is 0 Å². The highest BCUT2D eigenvalue weighted by molar-refractivity contribution is 4.55. The number of aliphatic hydroxyl groups excluding tert-OH is 1. The van der Waals surface area contributed by atoms with Crippen LogP contribution in [0, 0.1) is 0 Å². The number of hydrogen-bond donors (Lipinski definition) is 1. The topological polar surface area (TPSA) is 45.2 Å². The summed E-state index contributed by atoms with van der Waals surface area (Å²) in [6.07, 6.45) is -0.577. The second-order valence-corrected chi connectivity index (χ2v) is 4.45. The molecule has 0 aliphatic carbocycles. The molecule has 0 aromatic carbocycles. The summed E-state index contributed by atoms with van der Waals surface area (Å²) in [5.41, 5.74) is 0. The zero-order chi connectivity index (χ0) is 12.7. The van der Waals surface area contributed by atoms with Gasteiger partial charge in [-0.25, -0.2) is 0 Å². The molecule has 5 heteroatoms. The predicted molar refractivity (Wildman–Crippen MR) is 64.2 cm³/mol. The molecule has 2 atom stereocenters. The Hall–Kier alpha value is -0.200. The Balaban J connectivity index is 3.63. The van der Waals surface area contributed by atoms with Crippen molar-refractivity contribution in [2.75, 3.05) is 41.4 Å². The van der Waals surface area contributed by atoms with E-state index in [4.69, 9.17) is 9.47 Å². The van der Waals surface area contributed by atoms with Gasteiger partial charge < -0.3 is 14.6 Å². The van der Waals surface area contributed by atoms with Gasteiger partial charge in [0.25, 0.3) is 0 Å². The lowest BCUT2D eigenvalue weighted by Gasteiger charge is -2.24. The minimum atomic E-state index is -0.579. The molecule has 0 aromatic rings. The molecule has 0 radical (unpaired) electrons. The van der Waals surface area contributed by atoms with Crippen LogP contribution in [0.2, 0.25) is 0 Å². The highest BCUT2D eigenvalue weighted by atomic mass is 16.5. The van der Waals surface area contributed by atoms with Gasteiger partial charge in [0.1, 0.15) is 18.6 Å². The lowest BCUT2D eigenvalue weighted by molar-refractivity contribution is -0.103. The molecule has 1 N–H and O–H groups in total. The van der Waals surface area contributed by atoms with Crippen LogP contribution in [0.1, 0.15) is 13.8 Å².